The van der Waals surface area contributed by atoms with Gasteiger partial charge in [0.15, 0.2) is 0 Å². The SMILES string of the molecule is CC/C(O)=C(Br)\C=C(\O)CC. The Morgan fingerprint density at radius 1 is 1.27 bits per heavy atom. The molecule has 0 spiro atoms. The van der Waals surface area contributed by atoms with Crippen LogP contribution < -0.4 is 0 Å². The van der Waals surface area contributed by atoms with Crippen LogP contribution in [0.4, 0.5) is 0 Å². The van der Waals surface area contributed by atoms with Crippen LogP contribution in [0.15, 0.2) is 22.1 Å². The molecule has 0 heterocycles. The van der Waals surface area contributed by atoms with Crippen molar-refractivity contribution in [3.05, 3.63) is 22.1 Å². The molecule has 0 rings (SSSR count). The number of allylic oxidation sites excluding steroid dienone is 4. The lowest BCUT2D eigenvalue weighted by Gasteiger charge is -1.97. The largest absolute Gasteiger partial charge is 0.512 e. The molecule has 0 aromatic rings. The van der Waals surface area contributed by atoms with Gasteiger partial charge < -0.3 is 10.2 Å². The van der Waals surface area contributed by atoms with Gasteiger partial charge in [-0.3, -0.25) is 0 Å². The van der Waals surface area contributed by atoms with Gasteiger partial charge in [0.1, 0.15) is 5.76 Å². The fourth-order valence-electron chi connectivity index (χ4n) is 0.501. The van der Waals surface area contributed by atoms with Gasteiger partial charge in [-0.2, -0.15) is 0 Å². The normalized spacial score (nSPS) is 14.6. The second kappa shape index (κ2) is 5.24. The first kappa shape index (κ1) is 10.6. The Kier molecular flexibility index (Phi) is 5.03. The number of rotatable bonds is 3. The van der Waals surface area contributed by atoms with Crippen molar-refractivity contribution in [3.63, 3.8) is 0 Å². The first-order valence-corrected chi connectivity index (χ1v) is 4.38. The molecular formula is C8H13BrO2. The predicted octanol–water partition coefficient (Wildman–Crippen LogP) is 3.41. The molecule has 11 heavy (non-hydrogen) atoms. The van der Waals surface area contributed by atoms with E-state index in [1.54, 1.807) is 0 Å². The van der Waals surface area contributed by atoms with E-state index in [2.05, 4.69) is 15.9 Å². The van der Waals surface area contributed by atoms with Crippen molar-refractivity contribution >= 4 is 15.9 Å². The van der Waals surface area contributed by atoms with Gasteiger partial charge in [0.05, 0.1) is 10.2 Å². The van der Waals surface area contributed by atoms with Gasteiger partial charge in [-0.1, -0.05) is 13.8 Å². The average Bonchev–Trinajstić information content (AvgIpc) is 2.02. The smallest absolute Gasteiger partial charge is 0.106 e. The molecule has 0 aliphatic carbocycles. The van der Waals surface area contributed by atoms with Gasteiger partial charge in [-0.15, -0.1) is 0 Å². The van der Waals surface area contributed by atoms with Crippen LogP contribution in [0.3, 0.4) is 0 Å². The molecule has 0 aliphatic rings. The summed E-state index contributed by atoms with van der Waals surface area (Å²) in [4.78, 5) is 0. The van der Waals surface area contributed by atoms with Crippen molar-refractivity contribution < 1.29 is 10.2 Å². The first-order chi connectivity index (χ1) is 5.11. The standard InChI is InChI=1S/C8H13BrO2/c1-3-6(10)5-7(9)8(11)4-2/h5,10-11H,3-4H2,1-2H3/b6-5+,8-7-. The van der Waals surface area contributed by atoms with Crippen molar-refractivity contribution in [1.29, 1.82) is 0 Å². The average molecular weight is 221 g/mol. The third-order valence-corrected chi connectivity index (χ3v) is 1.95. The topological polar surface area (TPSA) is 40.5 Å². The molecular weight excluding hydrogens is 208 g/mol. The van der Waals surface area contributed by atoms with Crippen molar-refractivity contribution in [1.82, 2.24) is 0 Å². The Bertz CT molecular complexity index is 183. The van der Waals surface area contributed by atoms with Crippen molar-refractivity contribution in [3.8, 4) is 0 Å². The molecule has 0 saturated heterocycles. The molecule has 0 saturated carbocycles. The van der Waals surface area contributed by atoms with Gasteiger partial charge in [0, 0.05) is 12.8 Å². The summed E-state index contributed by atoms with van der Waals surface area (Å²) in [6.45, 7) is 3.68. The summed E-state index contributed by atoms with van der Waals surface area (Å²) in [7, 11) is 0. The van der Waals surface area contributed by atoms with E-state index in [1.807, 2.05) is 13.8 Å². The molecule has 0 radical (unpaired) electrons. The fourth-order valence-corrected chi connectivity index (χ4v) is 1.05. The van der Waals surface area contributed by atoms with Crippen LogP contribution in [0.5, 0.6) is 0 Å². The van der Waals surface area contributed by atoms with Crippen LogP contribution in [0.25, 0.3) is 0 Å². The highest BCUT2D eigenvalue weighted by Gasteiger charge is 1.97. The van der Waals surface area contributed by atoms with Crippen molar-refractivity contribution in [2.24, 2.45) is 0 Å². The molecule has 0 aromatic carbocycles. The van der Waals surface area contributed by atoms with Gasteiger partial charge in [-0.05, 0) is 22.0 Å². The van der Waals surface area contributed by atoms with E-state index < -0.39 is 0 Å². The molecule has 64 valence electrons. The lowest BCUT2D eigenvalue weighted by Crippen LogP contribution is -1.82. The van der Waals surface area contributed by atoms with Crippen LogP contribution in [-0.2, 0) is 0 Å². The van der Waals surface area contributed by atoms with Crippen LogP contribution in [0.1, 0.15) is 26.7 Å². The minimum atomic E-state index is 0.255. The highest BCUT2D eigenvalue weighted by molar-refractivity contribution is 9.11. The Balaban J connectivity index is 4.37. The molecule has 0 bridgehead atoms. The van der Waals surface area contributed by atoms with Crippen LogP contribution >= 0.6 is 15.9 Å². The number of aliphatic hydroxyl groups is 2. The van der Waals surface area contributed by atoms with E-state index in [9.17, 15) is 0 Å². The van der Waals surface area contributed by atoms with E-state index in [4.69, 9.17) is 10.2 Å². The summed E-state index contributed by atoms with van der Waals surface area (Å²) in [6, 6.07) is 0. The highest BCUT2D eigenvalue weighted by atomic mass is 79.9. The third-order valence-electron chi connectivity index (χ3n) is 1.27. The molecule has 0 fully saturated rings. The number of hydrogen-bond acceptors (Lipinski definition) is 2. The third kappa shape index (κ3) is 4.09. The minimum absolute atomic E-state index is 0.255. The Morgan fingerprint density at radius 3 is 2.18 bits per heavy atom. The second-order valence-electron chi connectivity index (χ2n) is 2.14. The van der Waals surface area contributed by atoms with Gasteiger partial charge in [-0.25, -0.2) is 0 Å². The number of halogens is 1. The Labute approximate surface area is 75.4 Å². The first-order valence-electron chi connectivity index (χ1n) is 3.58. The second-order valence-corrected chi connectivity index (χ2v) is 2.99. The Morgan fingerprint density at radius 2 is 1.82 bits per heavy atom. The van der Waals surface area contributed by atoms with Crippen molar-refractivity contribution in [2.75, 3.05) is 0 Å². The fraction of sp³-hybridized carbons (Fsp3) is 0.500. The highest BCUT2D eigenvalue weighted by Crippen LogP contribution is 2.16. The monoisotopic (exact) mass is 220 g/mol. The molecule has 0 unspecified atom stereocenters. The lowest BCUT2D eigenvalue weighted by molar-refractivity contribution is 0.385. The van der Waals surface area contributed by atoms with E-state index in [0.717, 1.165) is 0 Å². The van der Waals surface area contributed by atoms with Crippen LogP contribution in [-0.4, -0.2) is 10.2 Å². The molecule has 0 amide bonds. The summed E-state index contributed by atoms with van der Waals surface area (Å²) < 4.78 is 0.555. The summed E-state index contributed by atoms with van der Waals surface area (Å²) >= 11 is 3.14. The van der Waals surface area contributed by atoms with Crippen molar-refractivity contribution in [2.45, 2.75) is 26.7 Å². The number of aliphatic hydroxyl groups excluding tert-OH is 2. The maximum atomic E-state index is 9.15. The van der Waals surface area contributed by atoms with E-state index in [0.29, 0.717) is 17.3 Å². The quantitative estimate of drug-likeness (QED) is 0.566. The van der Waals surface area contributed by atoms with Crippen LogP contribution in [0.2, 0.25) is 0 Å². The predicted molar refractivity (Wildman–Crippen MR) is 49.9 cm³/mol. The summed E-state index contributed by atoms with van der Waals surface area (Å²) in [5, 5.41) is 18.2. The molecule has 2 nitrogen and oxygen atoms in total. The number of hydrogen-bond donors (Lipinski definition) is 2. The maximum absolute atomic E-state index is 9.15. The van der Waals surface area contributed by atoms with Gasteiger partial charge in [0.2, 0.25) is 0 Å². The Hall–Kier alpha value is -0.440. The summed E-state index contributed by atoms with van der Waals surface area (Å²) in [5.74, 6) is 0.516. The molecule has 0 aromatic heterocycles. The maximum Gasteiger partial charge on any atom is 0.106 e. The summed E-state index contributed by atoms with van der Waals surface area (Å²) in [5.41, 5.74) is 0. The van der Waals surface area contributed by atoms with E-state index >= 15 is 0 Å². The zero-order chi connectivity index (χ0) is 8.85. The molecule has 3 heteroatoms. The van der Waals surface area contributed by atoms with E-state index in [1.165, 1.54) is 6.08 Å². The summed E-state index contributed by atoms with van der Waals surface area (Å²) in [6.07, 6.45) is 2.65. The zero-order valence-electron chi connectivity index (χ0n) is 6.76. The molecule has 2 N–H and O–H groups in total. The molecule has 0 atom stereocenters. The van der Waals surface area contributed by atoms with Crippen LogP contribution in [0, 0.1) is 0 Å². The van der Waals surface area contributed by atoms with Gasteiger partial charge >= 0.3 is 0 Å². The lowest BCUT2D eigenvalue weighted by atomic mass is 10.3. The minimum Gasteiger partial charge on any atom is -0.512 e. The molecule has 0 aliphatic heterocycles. The van der Waals surface area contributed by atoms with E-state index in [-0.39, 0.29) is 11.5 Å². The van der Waals surface area contributed by atoms with Gasteiger partial charge in [0.25, 0.3) is 0 Å². The zero-order valence-corrected chi connectivity index (χ0v) is 8.35.